The lowest BCUT2D eigenvalue weighted by atomic mass is 9.98. The van der Waals surface area contributed by atoms with Gasteiger partial charge in [0.25, 0.3) is 0 Å². The number of carboxylic acids is 3. The Morgan fingerprint density at radius 3 is 1.76 bits per heavy atom. The van der Waals surface area contributed by atoms with E-state index in [9.17, 15) is 33.9 Å². The Labute approximate surface area is 189 Å². The molecular weight excluding hydrogens is 444 g/mol. The fourth-order valence-electron chi connectivity index (χ4n) is 2.62. The van der Waals surface area contributed by atoms with Crippen molar-refractivity contribution in [1.82, 2.24) is 16.0 Å². The molecule has 0 aromatic rings. The third-order valence-electron chi connectivity index (χ3n) is 4.90. The van der Waals surface area contributed by atoms with Crippen molar-refractivity contribution in [3.63, 3.8) is 0 Å². The highest BCUT2D eigenvalue weighted by Crippen LogP contribution is 2.08. The minimum atomic E-state index is -1.78. The third-order valence-corrected chi connectivity index (χ3v) is 4.90. The van der Waals surface area contributed by atoms with Crippen LogP contribution in [-0.4, -0.2) is 86.3 Å². The molecule has 6 unspecified atom stereocenters. The van der Waals surface area contributed by atoms with E-state index in [0.717, 1.165) is 6.92 Å². The van der Waals surface area contributed by atoms with Crippen LogP contribution >= 0.6 is 0 Å². The van der Waals surface area contributed by atoms with Crippen molar-refractivity contribution in [2.24, 2.45) is 11.7 Å². The van der Waals surface area contributed by atoms with Gasteiger partial charge in [-0.1, -0.05) is 20.3 Å². The Hall–Kier alpha value is -3.26. The predicted octanol–water partition coefficient (Wildman–Crippen LogP) is -2.38. The molecule has 0 aliphatic rings. The van der Waals surface area contributed by atoms with E-state index in [1.54, 1.807) is 13.8 Å². The van der Waals surface area contributed by atoms with Crippen molar-refractivity contribution in [2.45, 2.75) is 76.7 Å². The molecule has 0 heterocycles. The van der Waals surface area contributed by atoms with E-state index < -0.39 is 78.7 Å². The zero-order chi connectivity index (χ0) is 25.9. The first-order valence-electron chi connectivity index (χ1n) is 10.2. The van der Waals surface area contributed by atoms with E-state index >= 15 is 0 Å². The van der Waals surface area contributed by atoms with Crippen molar-refractivity contribution in [1.29, 1.82) is 0 Å². The van der Waals surface area contributed by atoms with Crippen LogP contribution < -0.4 is 21.7 Å². The number of hydrogen-bond donors (Lipinski definition) is 8. The molecule has 0 radical (unpaired) electrons. The topological polar surface area (TPSA) is 245 Å². The summed E-state index contributed by atoms with van der Waals surface area (Å²) in [6, 6.07) is -6.01. The molecule has 0 aliphatic heterocycles. The summed E-state index contributed by atoms with van der Waals surface area (Å²) in [6.07, 6.45) is -2.84. The largest absolute Gasteiger partial charge is 0.481 e. The Bertz CT molecular complexity index is 742. The molecule has 0 saturated carbocycles. The number of carbonyl (C=O) groups is 6. The standard InChI is InChI=1S/C19H32N4O10/c1-4-8(2)14(20)18(31)21-10(5-6-12(25)26)16(29)22-11(7-13(27)28)17(30)23-15(9(3)24)19(32)33/h8-11,14-15,24H,4-7,20H2,1-3H3,(H,21,31)(H,22,29)(H,23,30)(H,25,26)(H,27,28)(H,32,33). The van der Waals surface area contributed by atoms with Gasteiger partial charge < -0.3 is 42.1 Å². The van der Waals surface area contributed by atoms with Gasteiger partial charge in [0.1, 0.15) is 12.1 Å². The number of aliphatic hydroxyl groups excluding tert-OH is 1. The maximum Gasteiger partial charge on any atom is 0.328 e. The molecule has 0 aromatic carbocycles. The van der Waals surface area contributed by atoms with Crippen molar-refractivity contribution in [3.8, 4) is 0 Å². The van der Waals surface area contributed by atoms with Gasteiger partial charge in [0.15, 0.2) is 6.04 Å². The van der Waals surface area contributed by atoms with E-state index in [2.05, 4.69) is 10.6 Å². The van der Waals surface area contributed by atoms with Crippen LogP contribution in [0.2, 0.25) is 0 Å². The number of carbonyl (C=O) groups excluding carboxylic acids is 3. The molecule has 0 bridgehead atoms. The Balaban J connectivity index is 5.62. The fourth-order valence-corrected chi connectivity index (χ4v) is 2.62. The molecule has 6 atom stereocenters. The van der Waals surface area contributed by atoms with Crippen LogP contribution in [0.1, 0.15) is 46.5 Å². The lowest BCUT2D eigenvalue weighted by Crippen LogP contribution is -2.59. The molecule has 33 heavy (non-hydrogen) atoms. The third kappa shape index (κ3) is 10.7. The monoisotopic (exact) mass is 476 g/mol. The molecule has 0 spiro atoms. The summed E-state index contributed by atoms with van der Waals surface area (Å²) in [7, 11) is 0. The molecule has 0 aromatic heterocycles. The number of rotatable bonds is 15. The van der Waals surface area contributed by atoms with Gasteiger partial charge in [-0.25, -0.2) is 4.79 Å². The second kappa shape index (κ2) is 14.0. The Kier molecular flexibility index (Phi) is 12.6. The van der Waals surface area contributed by atoms with Crippen molar-refractivity contribution in [3.05, 3.63) is 0 Å². The van der Waals surface area contributed by atoms with E-state index in [4.69, 9.17) is 21.1 Å². The first-order valence-corrected chi connectivity index (χ1v) is 10.2. The fraction of sp³-hybridized carbons (Fsp3) is 0.684. The van der Waals surface area contributed by atoms with Gasteiger partial charge in [-0.3, -0.25) is 24.0 Å². The van der Waals surface area contributed by atoms with Crippen LogP contribution in [0.15, 0.2) is 0 Å². The second-order valence-electron chi connectivity index (χ2n) is 7.63. The van der Waals surface area contributed by atoms with Crippen molar-refractivity contribution >= 4 is 35.6 Å². The molecule has 14 nitrogen and oxygen atoms in total. The first-order chi connectivity index (χ1) is 15.2. The van der Waals surface area contributed by atoms with E-state index in [1.165, 1.54) is 0 Å². The summed E-state index contributed by atoms with van der Waals surface area (Å²) >= 11 is 0. The van der Waals surface area contributed by atoms with Gasteiger partial charge in [0.05, 0.1) is 18.6 Å². The highest BCUT2D eigenvalue weighted by molar-refractivity contribution is 5.95. The average molecular weight is 476 g/mol. The quantitative estimate of drug-likeness (QED) is 0.124. The first kappa shape index (κ1) is 29.7. The highest BCUT2D eigenvalue weighted by Gasteiger charge is 2.33. The molecule has 14 heteroatoms. The summed E-state index contributed by atoms with van der Waals surface area (Å²) in [4.78, 5) is 70.7. The van der Waals surface area contributed by atoms with Crippen LogP contribution in [0.4, 0.5) is 0 Å². The highest BCUT2D eigenvalue weighted by atomic mass is 16.4. The number of nitrogens with one attached hydrogen (secondary N) is 3. The summed E-state index contributed by atoms with van der Waals surface area (Å²) in [5, 5.41) is 42.9. The van der Waals surface area contributed by atoms with Crippen molar-refractivity contribution < 1.29 is 49.2 Å². The molecule has 0 fully saturated rings. The molecule has 188 valence electrons. The average Bonchev–Trinajstić information content (AvgIpc) is 2.71. The van der Waals surface area contributed by atoms with Gasteiger partial charge in [-0.15, -0.1) is 0 Å². The Morgan fingerprint density at radius 2 is 1.33 bits per heavy atom. The number of aliphatic hydroxyl groups is 1. The van der Waals surface area contributed by atoms with Gasteiger partial charge in [-0.05, 0) is 19.3 Å². The predicted molar refractivity (Wildman–Crippen MR) is 112 cm³/mol. The van der Waals surface area contributed by atoms with Gasteiger partial charge in [-0.2, -0.15) is 0 Å². The van der Waals surface area contributed by atoms with Crippen LogP contribution in [-0.2, 0) is 28.8 Å². The molecule has 0 aliphatic carbocycles. The zero-order valence-electron chi connectivity index (χ0n) is 18.6. The minimum Gasteiger partial charge on any atom is -0.481 e. The van der Waals surface area contributed by atoms with Crippen molar-refractivity contribution in [2.75, 3.05) is 0 Å². The van der Waals surface area contributed by atoms with Gasteiger partial charge in [0.2, 0.25) is 17.7 Å². The normalized spacial score (nSPS) is 16.3. The van der Waals surface area contributed by atoms with E-state index in [1.807, 2.05) is 5.32 Å². The maximum absolute atomic E-state index is 12.7. The summed E-state index contributed by atoms with van der Waals surface area (Å²) in [6.45, 7) is 4.58. The molecule has 0 saturated heterocycles. The van der Waals surface area contributed by atoms with Gasteiger partial charge in [0, 0.05) is 6.42 Å². The summed E-state index contributed by atoms with van der Waals surface area (Å²) in [5.74, 6) is -7.64. The lowest BCUT2D eigenvalue weighted by Gasteiger charge is -2.25. The van der Waals surface area contributed by atoms with E-state index in [-0.39, 0.29) is 12.3 Å². The smallest absolute Gasteiger partial charge is 0.328 e. The van der Waals surface area contributed by atoms with Crippen LogP contribution in [0.5, 0.6) is 0 Å². The second-order valence-corrected chi connectivity index (χ2v) is 7.63. The lowest BCUT2D eigenvalue weighted by molar-refractivity contribution is -0.146. The maximum atomic E-state index is 12.7. The molecular formula is C19H32N4O10. The van der Waals surface area contributed by atoms with Crippen LogP contribution in [0.3, 0.4) is 0 Å². The van der Waals surface area contributed by atoms with Crippen LogP contribution in [0.25, 0.3) is 0 Å². The molecule has 3 amide bonds. The number of nitrogens with two attached hydrogens (primary N) is 1. The van der Waals surface area contributed by atoms with Gasteiger partial charge >= 0.3 is 17.9 Å². The SMILES string of the molecule is CCC(C)C(N)C(=O)NC(CCC(=O)O)C(=O)NC(CC(=O)O)C(=O)NC(C(=O)O)C(C)O. The Morgan fingerprint density at radius 1 is 0.818 bits per heavy atom. The number of aliphatic carboxylic acids is 3. The van der Waals surface area contributed by atoms with Crippen LogP contribution in [0, 0.1) is 5.92 Å². The van der Waals surface area contributed by atoms with E-state index in [0.29, 0.717) is 6.42 Å². The molecule has 9 N–H and O–H groups in total. The minimum absolute atomic E-state index is 0.257. The molecule has 0 rings (SSSR count). The summed E-state index contributed by atoms with van der Waals surface area (Å²) < 4.78 is 0. The number of carboxylic acid groups (broad SMARTS) is 3. The number of amides is 3. The summed E-state index contributed by atoms with van der Waals surface area (Å²) in [5.41, 5.74) is 5.82. The zero-order valence-corrected chi connectivity index (χ0v) is 18.6. The number of hydrogen-bond acceptors (Lipinski definition) is 8.